The van der Waals surface area contributed by atoms with Gasteiger partial charge in [0.15, 0.2) is 0 Å². The number of carboxylic acid groups (broad SMARTS) is 1. The van der Waals surface area contributed by atoms with E-state index in [-0.39, 0.29) is 12.2 Å². The average Bonchev–Trinajstić information content (AvgIpc) is 2.76. The molecule has 7 heteroatoms. The van der Waals surface area contributed by atoms with Gasteiger partial charge in [-0.2, -0.15) is 4.39 Å². The minimum Gasteiger partial charge on any atom is -0.481 e. The fourth-order valence-electron chi connectivity index (χ4n) is 3.04. The van der Waals surface area contributed by atoms with Crippen LogP contribution in [0.4, 0.5) is 14.9 Å². The highest BCUT2D eigenvalue weighted by atomic mass is 19.1. The number of amides is 1. The normalized spacial score (nSPS) is 28.7. The first kappa shape index (κ1) is 13.8. The van der Waals surface area contributed by atoms with E-state index in [4.69, 9.17) is 9.84 Å². The fraction of sp³-hybridized carbons (Fsp3) is 0.500. The zero-order valence-corrected chi connectivity index (χ0v) is 11.3. The molecule has 0 atom stereocenters. The summed E-state index contributed by atoms with van der Waals surface area (Å²) in [6.07, 6.45) is 2.60. The van der Waals surface area contributed by atoms with Gasteiger partial charge in [0.05, 0.1) is 12.5 Å². The molecule has 6 nitrogen and oxygen atoms in total. The Labute approximate surface area is 120 Å². The van der Waals surface area contributed by atoms with Crippen LogP contribution in [0, 0.1) is 11.9 Å². The highest BCUT2D eigenvalue weighted by Crippen LogP contribution is 2.41. The Balaban J connectivity index is 1.77. The highest BCUT2D eigenvalue weighted by Gasteiger charge is 2.49. The lowest BCUT2D eigenvalue weighted by molar-refractivity contribution is -0.144. The van der Waals surface area contributed by atoms with Crippen LogP contribution < -0.4 is 4.90 Å². The van der Waals surface area contributed by atoms with E-state index in [0.29, 0.717) is 25.7 Å². The maximum absolute atomic E-state index is 13.7. The molecule has 1 saturated carbocycles. The topological polar surface area (TPSA) is 79.7 Å². The molecule has 0 radical (unpaired) electrons. The summed E-state index contributed by atoms with van der Waals surface area (Å²) in [5, 5.41) is 9.01. The van der Waals surface area contributed by atoms with Gasteiger partial charge in [0.1, 0.15) is 11.3 Å². The van der Waals surface area contributed by atoms with E-state index in [1.807, 2.05) is 0 Å². The van der Waals surface area contributed by atoms with Crippen LogP contribution in [-0.4, -0.2) is 34.3 Å². The maximum Gasteiger partial charge on any atom is 0.415 e. The molecule has 2 heterocycles. The minimum atomic E-state index is -0.815. The lowest BCUT2D eigenvalue weighted by Crippen LogP contribution is -2.40. The van der Waals surface area contributed by atoms with E-state index >= 15 is 0 Å². The van der Waals surface area contributed by atoms with Gasteiger partial charge < -0.3 is 9.84 Å². The number of anilines is 1. The molecule has 1 saturated heterocycles. The second-order valence-corrected chi connectivity index (χ2v) is 5.56. The molecule has 1 aromatic rings. The van der Waals surface area contributed by atoms with Crippen LogP contribution in [0.5, 0.6) is 0 Å². The number of nitrogens with zero attached hydrogens (tertiary/aromatic N) is 2. The fourth-order valence-corrected chi connectivity index (χ4v) is 3.04. The van der Waals surface area contributed by atoms with Crippen molar-refractivity contribution in [2.24, 2.45) is 5.92 Å². The van der Waals surface area contributed by atoms with Gasteiger partial charge in [-0.15, -0.1) is 0 Å². The van der Waals surface area contributed by atoms with Gasteiger partial charge in [-0.3, -0.25) is 9.69 Å². The van der Waals surface area contributed by atoms with E-state index in [9.17, 15) is 14.0 Å². The van der Waals surface area contributed by atoms with Crippen molar-refractivity contribution in [1.82, 2.24) is 4.98 Å². The first-order chi connectivity index (χ1) is 10.0. The molecule has 1 aromatic heterocycles. The number of hydrogen-bond acceptors (Lipinski definition) is 4. The van der Waals surface area contributed by atoms with E-state index in [1.54, 1.807) is 6.07 Å². The van der Waals surface area contributed by atoms with Gasteiger partial charge in [-0.25, -0.2) is 9.78 Å². The van der Waals surface area contributed by atoms with Gasteiger partial charge in [-0.1, -0.05) is 0 Å². The van der Waals surface area contributed by atoms with Crippen LogP contribution in [0.15, 0.2) is 18.3 Å². The van der Waals surface area contributed by atoms with Crippen LogP contribution in [-0.2, 0) is 9.53 Å². The van der Waals surface area contributed by atoms with Crippen molar-refractivity contribution in [2.45, 2.75) is 31.3 Å². The van der Waals surface area contributed by atoms with Gasteiger partial charge in [0.2, 0.25) is 5.95 Å². The van der Waals surface area contributed by atoms with Crippen molar-refractivity contribution in [3.8, 4) is 0 Å². The molecule has 0 aromatic carbocycles. The van der Waals surface area contributed by atoms with Crippen LogP contribution in [0.3, 0.4) is 0 Å². The first-order valence-corrected chi connectivity index (χ1v) is 6.85. The Hall–Kier alpha value is -2.18. The van der Waals surface area contributed by atoms with Crippen molar-refractivity contribution in [3.63, 3.8) is 0 Å². The van der Waals surface area contributed by atoms with Crippen molar-refractivity contribution in [3.05, 3.63) is 24.3 Å². The van der Waals surface area contributed by atoms with E-state index in [1.165, 1.54) is 17.2 Å². The number of halogens is 1. The lowest BCUT2D eigenvalue weighted by Gasteiger charge is -2.33. The standard InChI is InChI=1S/C14H15FN2O4/c15-11-10(2-1-7-16-11)17-8-14(21-13(17)20)5-3-9(4-6-14)12(18)19/h1-2,7,9H,3-6,8H2,(H,18,19). The summed E-state index contributed by atoms with van der Waals surface area (Å²) >= 11 is 0. The number of aromatic nitrogens is 1. The monoisotopic (exact) mass is 294 g/mol. The third-order valence-corrected chi connectivity index (χ3v) is 4.25. The third-order valence-electron chi connectivity index (χ3n) is 4.25. The summed E-state index contributed by atoms with van der Waals surface area (Å²) in [6, 6.07) is 3.03. The Bertz CT molecular complexity index is 584. The number of aliphatic carboxylic acids is 1. The Morgan fingerprint density at radius 2 is 2.19 bits per heavy atom. The summed E-state index contributed by atoms with van der Waals surface area (Å²) in [5.41, 5.74) is -0.606. The Morgan fingerprint density at radius 3 is 2.81 bits per heavy atom. The highest BCUT2D eigenvalue weighted by molar-refractivity contribution is 5.90. The summed E-state index contributed by atoms with van der Waals surface area (Å²) in [4.78, 5) is 27.8. The molecule has 112 valence electrons. The number of carbonyl (C=O) groups is 2. The van der Waals surface area contributed by atoms with Gasteiger partial charge >= 0.3 is 12.1 Å². The molecule has 2 aliphatic rings. The lowest BCUT2D eigenvalue weighted by atomic mass is 9.79. The SMILES string of the molecule is O=C(O)C1CCC2(CC1)CN(c1cccnc1F)C(=O)O2. The summed E-state index contributed by atoms with van der Waals surface area (Å²) < 4.78 is 19.1. The number of carboxylic acids is 1. The van der Waals surface area contributed by atoms with E-state index in [2.05, 4.69) is 4.98 Å². The van der Waals surface area contributed by atoms with E-state index < -0.39 is 29.5 Å². The molecular weight excluding hydrogens is 279 g/mol. The Morgan fingerprint density at radius 1 is 1.48 bits per heavy atom. The zero-order chi connectivity index (χ0) is 15.0. The van der Waals surface area contributed by atoms with Crippen molar-refractivity contribution in [2.75, 3.05) is 11.4 Å². The molecule has 1 N–H and O–H groups in total. The molecule has 1 aliphatic heterocycles. The first-order valence-electron chi connectivity index (χ1n) is 6.85. The molecule has 1 amide bonds. The third kappa shape index (κ3) is 2.43. The van der Waals surface area contributed by atoms with E-state index in [0.717, 1.165) is 0 Å². The van der Waals surface area contributed by atoms with Crippen LogP contribution in [0.25, 0.3) is 0 Å². The second-order valence-electron chi connectivity index (χ2n) is 5.56. The van der Waals surface area contributed by atoms with Gasteiger partial charge in [0, 0.05) is 6.20 Å². The largest absolute Gasteiger partial charge is 0.481 e. The van der Waals surface area contributed by atoms with Crippen molar-refractivity contribution < 1.29 is 23.8 Å². The Kier molecular flexibility index (Phi) is 3.27. The summed E-state index contributed by atoms with van der Waals surface area (Å²) in [7, 11) is 0. The van der Waals surface area contributed by atoms with Gasteiger partial charge in [-0.05, 0) is 37.8 Å². The quantitative estimate of drug-likeness (QED) is 0.846. The molecule has 0 bridgehead atoms. The molecule has 2 fully saturated rings. The molecule has 3 rings (SSSR count). The number of rotatable bonds is 2. The number of ether oxygens (including phenoxy) is 1. The molecule has 1 spiro atoms. The molecule has 0 unspecified atom stereocenters. The smallest absolute Gasteiger partial charge is 0.415 e. The molecule has 1 aliphatic carbocycles. The van der Waals surface area contributed by atoms with Crippen molar-refractivity contribution in [1.29, 1.82) is 0 Å². The maximum atomic E-state index is 13.7. The average molecular weight is 294 g/mol. The summed E-state index contributed by atoms with van der Waals surface area (Å²) in [5.74, 6) is -1.92. The predicted octanol–water partition coefficient (Wildman–Crippen LogP) is 2.19. The van der Waals surface area contributed by atoms with Crippen LogP contribution in [0.1, 0.15) is 25.7 Å². The molecule has 21 heavy (non-hydrogen) atoms. The zero-order valence-electron chi connectivity index (χ0n) is 11.3. The number of carbonyl (C=O) groups excluding carboxylic acids is 1. The predicted molar refractivity (Wildman–Crippen MR) is 70.3 cm³/mol. The summed E-state index contributed by atoms with van der Waals surface area (Å²) in [6.45, 7) is 0.237. The number of hydrogen-bond donors (Lipinski definition) is 1. The van der Waals surface area contributed by atoms with Crippen LogP contribution in [0.2, 0.25) is 0 Å². The number of pyridine rings is 1. The van der Waals surface area contributed by atoms with Crippen LogP contribution >= 0.6 is 0 Å². The molecular formula is C14H15FN2O4. The minimum absolute atomic E-state index is 0.0970. The van der Waals surface area contributed by atoms with Crippen molar-refractivity contribution >= 4 is 17.7 Å². The van der Waals surface area contributed by atoms with Gasteiger partial charge in [0.25, 0.3) is 0 Å². The second kappa shape index (κ2) is 4.98.